The van der Waals surface area contributed by atoms with E-state index in [0.29, 0.717) is 13.0 Å². The van der Waals surface area contributed by atoms with E-state index in [-0.39, 0.29) is 11.5 Å². The van der Waals surface area contributed by atoms with Crippen LogP contribution < -0.4 is 5.73 Å². The number of carbonyl (C=O) groups excluding carboxylic acids is 1. The molecule has 0 amide bonds. The zero-order chi connectivity index (χ0) is 11.1. The third-order valence-electron chi connectivity index (χ3n) is 1.98. The van der Waals surface area contributed by atoms with Gasteiger partial charge >= 0.3 is 0 Å². The van der Waals surface area contributed by atoms with Crippen molar-refractivity contribution in [3.8, 4) is 5.75 Å². The zero-order valence-electron chi connectivity index (χ0n) is 8.52. The first-order valence-electron chi connectivity index (χ1n) is 4.92. The van der Waals surface area contributed by atoms with Gasteiger partial charge in [-0.15, -0.1) is 0 Å². The predicted octanol–water partition coefficient (Wildman–Crippen LogP) is 1.71. The molecule has 0 unspecified atom stereocenters. The SMILES string of the molecule is NCCCC(=O)/C=C/c1ccc(O)cc1. The lowest BCUT2D eigenvalue weighted by Gasteiger charge is -1.94. The van der Waals surface area contributed by atoms with Crippen LogP contribution in [-0.4, -0.2) is 17.4 Å². The molecule has 1 aromatic carbocycles. The molecule has 80 valence electrons. The Bertz CT molecular complexity index is 341. The third-order valence-corrected chi connectivity index (χ3v) is 1.98. The Morgan fingerprint density at radius 1 is 1.33 bits per heavy atom. The molecule has 0 aliphatic heterocycles. The molecule has 3 heteroatoms. The van der Waals surface area contributed by atoms with Gasteiger partial charge in [0.2, 0.25) is 0 Å². The van der Waals surface area contributed by atoms with Crippen LogP contribution in [0.1, 0.15) is 18.4 Å². The molecule has 0 aromatic heterocycles. The first kappa shape index (κ1) is 11.5. The maximum atomic E-state index is 11.3. The summed E-state index contributed by atoms with van der Waals surface area (Å²) in [5, 5.41) is 9.05. The number of carbonyl (C=O) groups is 1. The van der Waals surface area contributed by atoms with Crippen molar-refractivity contribution in [3.63, 3.8) is 0 Å². The monoisotopic (exact) mass is 205 g/mol. The second-order valence-electron chi connectivity index (χ2n) is 3.28. The standard InChI is InChI=1S/C12H15NO2/c13-9-1-2-11(14)6-3-10-4-7-12(15)8-5-10/h3-8,15H,1-2,9,13H2/b6-3+. The van der Waals surface area contributed by atoms with Crippen LogP contribution in [0, 0.1) is 0 Å². The highest BCUT2D eigenvalue weighted by molar-refractivity contribution is 5.93. The van der Waals surface area contributed by atoms with Crippen LogP contribution in [0.4, 0.5) is 0 Å². The molecular weight excluding hydrogens is 190 g/mol. The molecule has 0 aliphatic carbocycles. The Morgan fingerprint density at radius 2 is 2.00 bits per heavy atom. The molecule has 3 N–H and O–H groups in total. The number of allylic oxidation sites excluding steroid dienone is 1. The molecule has 0 spiro atoms. The lowest BCUT2D eigenvalue weighted by Crippen LogP contribution is -2.01. The number of hydrogen-bond acceptors (Lipinski definition) is 3. The summed E-state index contributed by atoms with van der Waals surface area (Å²) < 4.78 is 0. The van der Waals surface area contributed by atoms with Crippen LogP contribution in [0.25, 0.3) is 6.08 Å². The molecule has 0 heterocycles. The summed E-state index contributed by atoms with van der Waals surface area (Å²) >= 11 is 0. The number of hydrogen-bond donors (Lipinski definition) is 2. The molecule has 0 radical (unpaired) electrons. The van der Waals surface area contributed by atoms with Gasteiger partial charge in [-0.25, -0.2) is 0 Å². The predicted molar refractivity (Wildman–Crippen MR) is 60.4 cm³/mol. The Kier molecular flexibility index (Phi) is 4.57. The van der Waals surface area contributed by atoms with Crippen LogP contribution in [0.2, 0.25) is 0 Å². The van der Waals surface area contributed by atoms with Crippen molar-refractivity contribution in [2.24, 2.45) is 5.73 Å². The van der Waals surface area contributed by atoms with Crippen LogP contribution in [0.15, 0.2) is 30.3 Å². The number of phenols is 1. The fourth-order valence-corrected chi connectivity index (χ4v) is 1.13. The molecule has 15 heavy (non-hydrogen) atoms. The number of nitrogens with two attached hydrogens (primary N) is 1. The average Bonchev–Trinajstić information content (AvgIpc) is 2.25. The smallest absolute Gasteiger partial charge is 0.155 e. The highest BCUT2D eigenvalue weighted by Gasteiger charge is 1.95. The van der Waals surface area contributed by atoms with Crippen LogP contribution in [-0.2, 0) is 4.79 Å². The van der Waals surface area contributed by atoms with Crippen LogP contribution in [0.5, 0.6) is 5.75 Å². The second kappa shape index (κ2) is 5.98. The van der Waals surface area contributed by atoms with E-state index in [1.54, 1.807) is 36.4 Å². The highest BCUT2D eigenvalue weighted by Crippen LogP contribution is 2.10. The highest BCUT2D eigenvalue weighted by atomic mass is 16.3. The first-order valence-corrected chi connectivity index (χ1v) is 4.92. The molecule has 0 saturated heterocycles. The second-order valence-corrected chi connectivity index (χ2v) is 3.28. The van der Waals surface area contributed by atoms with Crippen LogP contribution >= 0.6 is 0 Å². The van der Waals surface area contributed by atoms with E-state index in [1.165, 1.54) is 0 Å². The zero-order valence-corrected chi connectivity index (χ0v) is 8.52. The van der Waals surface area contributed by atoms with Gasteiger partial charge in [-0.05, 0) is 36.7 Å². The topological polar surface area (TPSA) is 63.3 Å². The van der Waals surface area contributed by atoms with Crippen molar-refractivity contribution in [1.29, 1.82) is 0 Å². The van der Waals surface area contributed by atoms with Crippen molar-refractivity contribution in [2.75, 3.05) is 6.54 Å². The number of phenolic OH excluding ortho intramolecular Hbond substituents is 1. The summed E-state index contributed by atoms with van der Waals surface area (Å²) in [4.78, 5) is 11.3. The fourth-order valence-electron chi connectivity index (χ4n) is 1.13. The lowest BCUT2D eigenvalue weighted by atomic mass is 10.1. The minimum atomic E-state index is 0.0773. The van der Waals surface area contributed by atoms with E-state index in [1.807, 2.05) is 0 Å². The Hall–Kier alpha value is -1.61. The Morgan fingerprint density at radius 3 is 2.60 bits per heavy atom. The summed E-state index contributed by atoms with van der Waals surface area (Å²) in [7, 11) is 0. The summed E-state index contributed by atoms with van der Waals surface area (Å²) in [5.74, 6) is 0.301. The van der Waals surface area contributed by atoms with Gasteiger partial charge in [0.15, 0.2) is 5.78 Å². The molecule has 1 aromatic rings. The molecule has 0 aliphatic rings. The van der Waals surface area contributed by atoms with E-state index in [9.17, 15) is 4.79 Å². The van der Waals surface area contributed by atoms with Crippen molar-refractivity contribution >= 4 is 11.9 Å². The Labute approximate surface area is 89.2 Å². The maximum Gasteiger partial charge on any atom is 0.155 e. The van der Waals surface area contributed by atoms with Crippen molar-refractivity contribution in [1.82, 2.24) is 0 Å². The summed E-state index contributed by atoms with van der Waals surface area (Å²) in [6, 6.07) is 6.68. The first-order chi connectivity index (χ1) is 7.22. The third kappa shape index (κ3) is 4.42. The molecule has 0 saturated carbocycles. The molecular formula is C12H15NO2. The van der Waals surface area contributed by atoms with Gasteiger partial charge in [-0.2, -0.15) is 0 Å². The van der Waals surface area contributed by atoms with Crippen molar-refractivity contribution in [2.45, 2.75) is 12.8 Å². The molecule has 3 nitrogen and oxygen atoms in total. The van der Waals surface area contributed by atoms with Gasteiger partial charge < -0.3 is 10.8 Å². The average molecular weight is 205 g/mol. The minimum Gasteiger partial charge on any atom is -0.508 e. The minimum absolute atomic E-state index is 0.0773. The number of aromatic hydroxyl groups is 1. The van der Waals surface area contributed by atoms with Gasteiger partial charge in [0.1, 0.15) is 5.75 Å². The summed E-state index contributed by atoms with van der Waals surface area (Å²) in [6.45, 7) is 0.540. The largest absolute Gasteiger partial charge is 0.508 e. The van der Waals surface area contributed by atoms with Crippen molar-refractivity contribution in [3.05, 3.63) is 35.9 Å². The summed E-state index contributed by atoms with van der Waals surface area (Å²) in [5.41, 5.74) is 6.19. The van der Waals surface area contributed by atoms with Gasteiger partial charge in [-0.3, -0.25) is 4.79 Å². The lowest BCUT2D eigenvalue weighted by molar-refractivity contribution is -0.114. The maximum absolute atomic E-state index is 11.3. The van der Waals surface area contributed by atoms with Gasteiger partial charge in [0, 0.05) is 6.42 Å². The van der Waals surface area contributed by atoms with Crippen LogP contribution in [0.3, 0.4) is 0 Å². The fraction of sp³-hybridized carbons (Fsp3) is 0.250. The Balaban J connectivity index is 2.50. The molecule has 0 atom stereocenters. The van der Waals surface area contributed by atoms with Gasteiger partial charge in [0.25, 0.3) is 0 Å². The molecule has 0 bridgehead atoms. The normalized spacial score (nSPS) is 10.7. The van der Waals surface area contributed by atoms with Gasteiger partial charge in [-0.1, -0.05) is 18.2 Å². The summed E-state index contributed by atoms with van der Waals surface area (Å²) in [6.07, 6.45) is 4.49. The molecule has 1 rings (SSSR count). The number of ketones is 1. The van der Waals surface area contributed by atoms with E-state index < -0.39 is 0 Å². The van der Waals surface area contributed by atoms with E-state index in [2.05, 4.69) is 0 Å². The quantitative estimate of drug-likeness (QED) is 0.719. The van der Waals surface area contributed by atoms with Gasteiger partial charge in [0.05, 0.1) is 0 Å². The molecule has 0 fully saturated rings. The number of rotatable bonds is 5. The van der Waals surface area contributed by atoms with E-state index in [0.717, 1.165) is 12.0 Å². The van der Waals surface area contributed by atoms with E-state index in [4.69, 9.17) is 10.8 Å². The number of benzene rings is 1. The van der Waals surface area contributed by atoms with Crippen molar-refractivity contribution < 1.29 is 9.90 Å². The van der Waals surface area contributed by atoms with E-state index >= 15 is 0 Å².